The second-order valence-electron chi connectivity index (χ2n) is 6.21. The van der Waals surface area contributed by atoms with E-state index in [0.717, 1.165) is 18.2 Å². The molecule has 6 nitrogen and oxygen atoms in total. The van der Waals surface area contributed by atoms with Gasteiger partial charge in [0.2, 0.25) is 11.8 Å². The summed E-state index contributed by atoms with van der Waals surface area (Å²) in [5, 5.41) is 0. The molecule has 3 rings (SSSR count). The van der Waals surface area contributed by atoms with E-state index >= 15 is 0 Å². The lowest BCUT2D eigenvalue weighted by Gasteiger charge is -2.44. The van der Waals surface area contributed by atoms with Gasteiger partial charge in [0.05, 0.1) is 18.3 Å². The maximum Gasteiger partial charge on any atom is 0.242 e. The van der Waals surface area contributed by atoms with Crippen LogP contribution in [0.1, 0.15) is 23.6 Å². The highest BCUT2D eigenvalue weighted by atomic mass is 32.2. The van der Waals surface area contributed by atoms with Gasteiger partial charge in [-0.2, -0.15) is 0 Å². The zero-order valence-electron chi connectivity index (χ0n) is 13.1. The number of carbonyl (C=O) groups is 2. The van der Waals surface area contributed by atoms with Gasteiger partial charge in [0.1, 0.15) is 9.84 Å². The number of carbonyl (C=O) groups excluding carboxylic acids is 2. The van der Waals surface area contributed by atoms with Gasteiger partial charge in [-0.1, -0.05) is 24.3 Å². The van der Waals surface area contributed by atoms with Gasteiger partial charge in [-0.3, -0.25) is 9.59 Å². The first-order chi connectivity index (χ1) is 10.8. The van der Waals surface area contributed by atoms with Crippen molar-refractivity contribution in [1.82, 2.24) is 9.80 Å². The van der Waals surface area contributed by atoms with Crippen LogP contribution < -0.4 is 0 Å². The fourth-order valence-electron chi connectivity index (χ4n) is 3.30. The monoisotopic (exact) mass is 336 g/mol. The Balaban J connectivity index is 1.78. The van der Waals surface area contributed by atoms with Crippen LogP contribution in [-0.4, -0.2) is 61.7 Å². The number of rotatable bonds is 3. The Morgan fingerprint density at radius 1 is 1.30 bits per heavy atom. The lowest BCUT2D eigenvalue weighted by atomic mass is 9.90. The summed E-state index contributed by atoms with van der Waals surface area (Å²) in [7, 11) is -3.19. The number of hydrogen-bond acceptors (Lipinski definition) is 4. The first-order valence-corrected chi connectivity index (χ1v) is 9.74. The largest absolute Gasteiger partial charge is 0.332 e. The molecule has 2 aliphatic rings. The van der Waals surface area contributed by atoms with Crippen LogP contribution in [-0.2, 0) is 25.8 Å². The fraction of sp³-hybridized carbons (Fsp3) is 0.500. The molecule has 0 radical (unpaired) electrons. The van der Waals surface area contributed by atoms with Gasteiger partial charge in [0.15, 0.2) is 0 Å². The highest BCUT2D eigenvalue weighted by molar-refractivity contribution is 7.90. The predicted octanol–water partition coefficient (Wildman–Crippen LogP) is 0.389. The molecule has 1 saturated heterocycles. The Hall–Kier alpha value is -1.89. The first-order valence-electron chi connectivity index (χ1n) is 7.68. The van der Waals surface area contributed by atoms with E-state index in [9.17, 15) is 18.0 Å². The van der Waals surface area contributed by atoms with Crippen LogP contribution >= 0.6 is 0 Å². The molecule has 0 saturated carbocycles. The van der Waals surface area contributed by atoms with Crippen molar-refractivity contribution in [3.8, 4) is 0 Å². The molecule has 0 bridgehead atoms. The predicted molar refractivity (Wildman–Crippen MR) is 85.5 cm³/mol. The lowest BCUT2D eigenvalue weighted by Crippen LogP contribution is -2.55. The normalized spacial score (nSPS) is 20.9. The minimum Gasteiger partial charge on any atom is -0.332 e. The lowest BCUT2D eigenvalue weighted by molar-refractivity contribution is -0.149. The average Bonchev–Trinajstić information content (AvgIpc) is 2.51. The van der Waals surface area contributed by atoms with Crippen LogP contribution in [0.5, 0.6) is 0 Å². The van der Waals surface area contributed by atoms with Gasteiger partial charge in [0, 0.05) is 25.8 Å². The number of nitrogens with zero attached hydrogens (tertiary/aromatic N) is 2. The van der Waals surface area contributed by atoms with E-state index in [1.165, 1.54) is 10.5 Å². The Morgan fingerprint density at radius 2 is 2.04 bits per heavy atom. The van der Waals surface area contributed by atoms with Crippen molar-refractivity contribution in [3.63, 3.8) is 0 Å². The summed E-state index contributed by atoms with van der Waals surface area (Å²) in [5.74, 6) is -0.517. The Bertz CT molecular complexity index is 744. The maximum absolute atomic E-state index is 12.4. The average molecular weight is 336 g/mol. The van der Waals surface area contributed by atoms with Gasteiger partial charge < -0.3 is 9.80 Å². The summed E-state index contributed by atoms with van der Waals surface area (Å²) in [6, 6.07) is 7.86. The SMILES string of the molecule is CS(=O)(=O)CCC(=O)N1CC(=O)N2CCc3ccccc3C2C1. The molecular weight excluding hydrogens is 316 g/mol. The molecule has 124 valence electrons. The summed E-state index contributed by atoms with van der Waals surface area (Å²) < 4.78 is 22.5. The van der Waals surface area contributed by atoms with Crippen LogP contribution in [0.3, 0.4) is 0 Å². The number of piperazine rings is 1. The molecule has 1 aromatic carbocycles. The zero-order chi connectivity index (χ0) is 16.6. The number of sulfone groups is 1. The molecule has 2 aliphatic heterocycles. The molecule has 0 N–H and O–H groups in total. The molecule has 0 aromatic heterocycles. The van der Waals surface area contributed by atoms with Crippen molar-refractivity contribution in [2.75, 3.05) is 31.6 Å². The minimum atomic E-state index is -3.19. The van der Waals surface area contributed by atoms with Crippen LogP contribution in [0.15, 0.2) is 24.3 Å². The number of hydrogen-bond donors (Lipinski definition) is 0. The van der Waals surface area contributed by atoms with Crippen LogP contribution in [0, 0.1) is 0 Å². The molecule has 2 amide bonds. The fourth-order valence-corrected chi connectivity index (χ4v) is 3.84. The summed E-state index contributed by atoms with van der Waals surface area (Å²) in [6.45, 7) is 1.15. The Labute approximate surface area is 136 Å². The highest BCUT2D eigenvalue weighted by Crippen LogP contribution is 2.33. The van der Waals surface area contributed by atoms with E-state index in [-0.39, 0.29) is 36.6 Å². The second kappa shape index (κ2) is 5.96. The molecule has 23 heavy (non-hydrogen) atoms. The van der Waals surface area contributed by atoms with Crippen LogP contribution in [0.4, 0.5) is 0 Å². The third-order valence-electron chi connectivity index (χ3n) is 4.49. The van der Waals surface area contributed by atoms with Crippen molar-refractivity contribution in [2.24, 2.45) is 0 Å². The van der Waals surface area contributed by atoms with Gasteiger partial charge in [0.25, 0.3) is 0 Å². The van der Waals surface area contributed by atoms with Crippen molar-refractivity contribution in [2.45, 2.75) is 18.9 Å². The molecule has 1 fully saturated rings. The summed E-state index contributed by atoms with van der Waals surface area (Å²) >= 11 is 0. The van der Waals surface area contributed by atoms with E-state index in [2.05, 4.69) is 6.07 Å². The summed E-state index contributed by atoms with van der Waals surface area (Å²) in [4.78, 5) is 28.0. The van der Waals surface area contributed by atoms with E-state index in [1.54, 1.807) is 0 Å². The second-order valence-corrected chi connectivity index (χ2v) is 8.47. The molecular formula is C16H20N2O4S. The van der Waals surface area contributed by atoms with Crippen LogP contribution in [0.2, 0.25) is 0 Å². The third-order valence-corrected chi connectivity index (χ3v) is 5.44. The molecule has 1 atom stereocenters. The van der Waals surface area contributed by atoms with E-state index in [1.807, 2.05) is 23.1 Å². The van der Waals surface area contributed by atoms with Crippen molar-refractivity contribution in [1.29, 1.82) is 0 Å². The van der Waals surface area contributed by atoms with Gasteiger partial charge in [-0.25, -0.2) is 8.42 Å². The third kappa shape index (κ3) is 3.39. The standard InChI is InChI=1S/C16H20N2O4S/c1-23(21,22)9-7-15(19)17-10-14-13-5-3-2-4-12(13)6-8-18(14)16(20)11-17/h2-5,14H,6-11H2,1H3. The molecule has 0 aliphatic carbocycles. The molecule has 0 spiro atoms. The quantitative estimate of drug-likeness (QED) is 0.800. The molecule has 1 aromatic rings. The van der Waals surface area contributed by atoms with E-state index in [4.69, 9.17) is 0 Å². The molecule has 2 heterocycles. The molecule has 1 unspecified atom stereocenters. The van der Waals surface area contributed by atoms with Crippen molar-refractivity contribution >= 4 is 21.7 Å². The van der Waals surface area contributed by atoms with Crippen molar-refractivity contribution < 1.29 is 18.0 Å². The first kappa shape index (κ1) is 16.0. The number of fused-ring (bicyclic) bond motifs is 3. The maximum atomic E-state index is 12.4. The van der Waals surface area contributed by atoms with Crippen LogP contribution in [0.25, 0.3) is 0 Å². The Kier molecular flexibility index (Phi) is 4.14. The Morgan fingerprint density at radius 3 is 2.78 bits per heavy atom. The molecule has 7 heteroatoms. The van der Waals surface area contributed by atoms with E-state index < -0.39 is 9.84 Å². The summed E-state index contributed by atoms with van der Waals surface area (Å²) in [6.07, 6.45) is 1.88. The number of benzene rings is 1. The van der Waals surface area contributed by atoms with Crippen molar-refractivity contribution in [3.05, 3.63) is 35.4 Å². The topological polar surface area (TPSA) is 74.8 Å². The minimum absolute atomic E-state index is 0.0429. The van der Waals surface area contributed by atoms with Gasteiger partial charge >= 0.3 is 0 Å². The van der Waals surface area contributed by atoms with Gasteiger partial charge in [-0.05, 0) is 17.5 Å². The smallest absolute Gasteiger partial charge is 0.242 e. The summed E-state index contributed by atoms with van der Waals surface area (Å²) in [5.41, 5.74) is 2.31. The van der Waals surface area contributed by atoms with Gasteiger partial charge in [-0.15, -0.1) is 0 Å². The zero-order valence-corrected chi connectivity index (χ0v) is 13.9. The highest BCUT2D eigenvalue weighted by Gasteiger charge is 2.38. The number of amides is 2. The van der Waals surface area contributed by atoms with E-state index in [0.29, 0.717) is 13.1 Å².